The summed E-state index contributed by atoms with van der Waals surface area (Å²) in [6, 6.07) is 7.64. The van der Waals surface area contributed by atoms with Crippen LogP contribution in [-0.4, -0.2) is 16.1 Å². The van der Waals surface area contributed by atoms with Crippen LogP contribution in [0.1, 0.15) is 5.56 Å². The maximum absolute atomic E-state index is 11.7. The molecule has 2 aromatic rings. The van der Waals surface area contributed by atoms with E-state index in [4.69, 9.17) is 5.11 Å². The van der Waals surface area contributed by atoms with E-state index in [1.54, 1.807) is 30.6 Å². The summed E-state index contributed by atoms with van der Waals surface area (Å²) in [7, 11) is 0. The third-order valence-corrected chi connectivity index (χ3v) is 2.39. The van der Waals surface area contributed by atoms with Crippen molar-refractivity contribution in [3.05, 3.63) is 48.3 Å². The molecule has 1 aromatic carbocycles. The van der Waals surface area contributed by atoms with Crippen molar-refractivity contribution in [3.8, 4) is 5.75 Å². The van der Waals surface area contributed by atoms with Crippen molar-refractivity contribution in [3.63, 3.8) is 0 Å². The number of nitrogens with one attached hydrogen (secondary N) is 2. The number of phenols is 1. The normalized spacial score (nSPS) is 9.83. The Labute approximate surface area is 104 Å². The molecule has 0 aliphatic heterocycles. The molecule has 0 saturated heterocycles. The van der Waals surface area contributed by atoms with Crippen LogP contribution in [0.4, 0.5) is 16.2 Å². The predicted molar refractivity (Wildman–Crippen MR) is 69.7 cm³/mol. The molecule has 0 spiro atoms. The van der Waals surface area contributed by atoms with Crippen LogP contribution in [0, 0.1) is 6.92 Å². The maximum Gasteiger partial charge on any atom is 0.323 e. The molecular formula is C13H13N3O2. The number of hydrogen-bond donors (Lipinski definition) is 3. The van der Waals surface area contributed by atoms with Crippen LogP contribution in [0.2, 0.25) is 0 Å². The molecule has 1 aromatic heterocycles. The van der Waals surface area contributed by atoms with Crippen molar-refractivity contribution in [2.45, 2.75) is 6.92 Å². The number of nitrogens with zero attached hydrogens (tertiary/aromatic N) is 1. The summed E-state index contributed by atoms with van der Waals surface area (Å²) < 4.78 is 0. The lowest BCUT2D eigenvalue weighted by Crippen LogP contribution is -2.19. The topological polar surface area (TPSA) is 74.2 Å². The Morgan fingerprint density at radius 3 is 2.56 bits per heavy atom. The SMILES string of the molecule is Cc1cnccc1NC(=O)Nc1ccc(O)cc1. The van der Waals surface area contributed by atoms with Gasteiger partial charge in [0.1, 0.15) is 5.75 Å². The fourth-order valence-corrected chi connectivity index (χ4v) is 1.44. The Bertz CT molecular complexity index is 552. The lowest BCUT2D eigenvalue weighted by atomic mass is 10.2. The molecule has 0 bridgehead atoms. The second kappa shape index (κ2) is 5.18. The Morgan fingerprint density at radius 2 is 1.89 bits per heavy atom. The summed E-state index contributed by atoms with van der Waals surface area (Å²) in [6.45, 7) is 1.86. The number of aryl methyl sites for hydroxylation is 1. The third kappa shape index (κ3) is 2.98. The lowest BCUT2D eigenvalue weighted by Gasteiger charge is -2.09. The number of benzene rings is 1. The number of aromatic nitrogens is 1. The molecule has 3 N–H and O–H groups in total. The average Bonchev–Trinajstić information content (AvgIpc) is 2.35. The van der Waals surface area contributed by atoms with E-state index in [9.17, 15) is 4.79 Å². The molecular weight excluding hydrogens is 230 g/mol. The summed E-state index contributed by atoms with van der Waals surface area (Å²) in [6.07, 6.45) is 3.29. The molecule has 5 heteroatoms. The number of phenolic OH excluding ortho intramolecular Hbond substituents is 1. The quantitative estimate of drug-likeness (QED) is 0.710. The zero-order valence-electron chi connectivity index (χ0n) is 9.84. The zero-order valence-corrected chi connectivity index (χ0v) is 9.84. The molecule has 0 aliphatic rings. The first-order chi connectivity index (χ1) is 8.65. The van der Waals surface area contributed by atoms with Gasteiger partial charge in [0, 0.05) is 23.8 Å². The van der Waals surface area contributed by atoms with Gasteiger partial charge in [-0.05, 0) is 42.8 Å². The van der Waals surface area contributed by atoms with Crippen LogP contribution in [0.15, 0.2) is 42.7 Å². The first-order valence-electron chi connectivity index (χ1n) is 5.43. The van der Waals surface area contributed by atoms with Crippen LogP contribution in [0.5, 0.6) is 5.75 Å². The van der Waals surface area contributed by atoms with Crippen LogP contribution in [0.25, 0.3) is 0 Å². The number of urea groups is 1. The van der Waals surface area contributed by atoms with E-state index in [1.165, 1.54) is 12.1 Å². The summed E-state index contributed by atoms with van der Waals surface area (Å²) in [4.78, 5) is 15.7. The molecule has 0 fully saturated rings. The Kier molecular flexibility index (Phi) is 3.43. The standard InChI is InChI=1S/C13H13N3O2/c1-9-8-14-7-6-12(9)16-13(18)15-10-2-4-11(17)5-3-10/h2-8,17H,1H3,(H2,14,15,16,18). The van der Waals surface area contributed by atoms with E-state index in [2.05, 4.69) is 15.6 Å². The van der Waals surface area contributed by atoms with E-state index in [1.807, 2.05) is 6.92 Å². The number of hydrogen-bond acceptors (Lipinski definition) is 3. The summed E-state index contributed by atoms with van der Waals surface area (Å²) in [5.74, 6) is 0.158. The van der Waals surface area contributed by atoms with E-state index in [0.29, 0.717) is 11.4 Å². The molecule has 18 heavy (non-hydrogen) atoms. The minimum absolute atomic E-state index is 0.158. The van der Waals surface area contributed by atoms with Gasteiger partial charge in [0.15, 0.2) is 0 Å². The van der Waals surface area contributed by atoms with E-state index in [0.717, 1.165) is 5.56 Å². The van der Waals surface area contributed by atoms with Gasteiger partial charge in [-0.25, -0.2) is 4.79 Å². The van der Waals surface area contributed by atoms with Gasteiger partial charge < -0.3 is 15.7 Å². The molecule has 2 rings (SSSR count). The number of anilines is 2. The van der Waals surface area contributed by atoms with Gasteiger partial charge in [0.2, 0.25) is 0 Å². The second-order valence-electron chi connectivity index (χ2n) is 3.82. The number of rotatable bonds is 2. The van der Waals surface area contributed by atoms with E-state index in [-0.39, 0.29) is 11.8 Å². The van der Waals surface area contributed by atoms with E-state index < -0.39 is 0 Å². The Morgan fingerprint density at radius 1 is 1.17 bits per heavy atom. The highest BCUT2D eigenvalue weighted by Gasteiger charge is 2.04. The lowest BCUT2D eigenvalue weighted by molar-refractivity contribution is 0.262. The molecule has 0 radical (unpaired) electrons. The molecule has 0 saturated carbocycles. The number of aromatic hydroxyl groups is 1. The van der Waals surface area contributed by atoms with Gasteiger partial charge in [-0.1, -0.05) is 0 Å². The maximum atomic E-state index is 11.7. The van der Waals surface area contributed by atoms with Crippen molar-refractivity contribution in [1.29, 1.82) is 0 Å². The summed E-state index contributed by atoms with van der Waals surface area (Å²) in [5, 5.41) is 14.5. The zero-order chi connectivity index (χ0) is 13.0. The minimum Gasteiger partial charge on any atom is -0.508 e. The van der Waals surface area contributed by atoms with Gasteiger partial charge in [-0.3, -0.25) is 4.98 Å². The molecule has 2 amide bonds. The molecule has 92 valence electrons. The van der Waals surface area contributed by atoms with Crippen molar-refractivity contribution in [2.24, 2.45) is 0 Å². The summed E-state index contributed by atoms with van der Waals surface area (Å²) in [5.41, 5.74) is 2.21. The first kappa shape index (κ1) is 11.9. The van der Waals surface area contributed by atoms with Crippen molar-refractivity contribution in [1.82, 2.24) is 4.98 Å². The van der Waals surface area contributed by atoms with Gasteiger partial charge >= 0.3 is 6.03 Å². The van der Waals surface area contributed by atoms with Gasteiger partial charge in [-0.15, -0.1) is 0 Å². The van der Waals surface area contributed by atoms with E-state index >= 15 is 0 Å². The minimum atomic E-state index is -0.338. The number of pyridine rings is 1. The Hall–Kier alpha value is -2.56. The van der Waals surface area contributed by atoms with Gasteiger partial charge in [-0.2, -0.15) is 0 Å². The molecule has 0 unspecified atom stereocenters. The molecule has 5 nitrogen and oxygen atoms in total. The highest BCUT2D eigenvalue weighted by atomic mass is 16.3. The van der Waals surface area contributed by atoms with Crippen LogP contribution in [-0.2, 0) is 0 Å². The van der Waals surface area contributed by atoms with Crippen LogP contribution < -0.4 is 10.6 Å². The monoisotopic (exact) mass is 243 g/mol. The van der Waals surface area contributed by atoms with Crippen molar-refractivity contribution < 1.29 is 9.90 Å². The number of amides is 2. The average molecular weight is 243 g/mol. The molecule has 0 atom stereocenters. The van der Waals surface area contributed by atoms with Crippen LogP contribution in [0.3, 0.4) is 0 Å². The first-order valence-corrected chi connectivity index (χ1v) is 5.43. The third-order valence-electron chi connectivity index (χ3n) is 2.39. The fraction of sp³-hybridized carbons (Fsp3) is 0.0769. The van der Waals surface area contributed by atoms with Crippen molar-refractivity contribution in [2.75, 3.05) is 10.6 Å². The highest BCUT2D eigenvalue weighted by molar-refractivity contribution is 6.00. The summed E-state index contributed by atoms with van der Waals surface area (Å²) >= 11 is 0. The molecule has 0 aliphatic carbocycles. The van der Waals surface area contributed by atoms with Crippen molar-refractivity contribution >= 4 is 17.4 Å². The number of carbonyl (C=O) groups excluding carboxylic acids is 1. The molecule has 1 heterocycles. The Balaban J connectivity index is 2.01. The number of carbonyl (C=O) groups is 1. The smallest absolute Gasteiger partial charge is 0.323 e. The fourth-order valence-electron chi connectivity index (χ4n) is 1.44. The predicted octanol–water partition coefficient (Wildman–Crippen LogP) is 2.74. The largest absolute Gasteiger partial charge is 0.508 e. The van der Waals surface area contributed by atoms with Gasteiger partial charge in [0.05, 0.1) is 0 Å². The van der Waals surface area contributed by atoms with Gasteiger partial charge in [0.25, 0.3) is 0 Å². The second-order valence-corrected chi connectivity index (χ2v) is 3.82. The van der Waals surface area contributed by atoms with Crippen LogP contribution >= 0.6 is 0 Å². The highest BCUT2D eigenvalue weighted by Crippen LogP contribution is 2.15.